The molecular formula is C36H46N2O4S2. The maximum atomic E-state index is 12.9. The molecule has 0 amide bonds. The number of sulfonamides is 2. The fourth-order valence-electron chi connectivity index (χ4n) is 7.01. The molecule has 2 saturated heterocycles. The number of allylic oxidation sites excluding steroid dienone is 4. The second-order valence-electron chi connectivity index (χ2n) is 13.1. The lowest BCUT2D eigenvalue weighted by molar-refractivity contribution is 0.465. The Morgan fingerprint density at radius 3 is 1.23 bits per heavy atom. The molecule has 2 aliphatic heterocycles. The van der Waals surface area contributed by atoms with E-state index < -0.39 is 20.0 Å². The number of benzene rings is 2. The van der Waals surface area contributed by atoms with Crippen LogP contribution in [0.5, 0.6) is 0 Å². The van der Waals surface area contributed by atoms with Crippen molar-refractivity contribution in [3.05, 3.63) is 106 Å². The Balaban J connectivity index is 0.000000175. The number of aryl methyl sites for hydroxylation is 2. The van der Waals surface area contributed by atoms with Crippen LogP contribution < -0.4 is 0 Å². The van der Waals surface area contributed by atoms with Gasteiger partial charge in [0.25, 0.3) is 0 Å². The van der Waals surface area contributed by atoms with Crippen LogP contribution in [-0.4, -0.2) is 51.6 Å². The SMILES string of the molecule is CC(C)=C1CC=C[C@@H]2CN(S(=O)(=O)c3ccc(C)cc3)C[C@@H]12.CC(C)=C1CC=C[C@@H]2CN(S(=O)(=O)c3ccc(C)cc3)C[C@@H]12. The molecule has 2 fully saturated rings. The summed E-state index contributed by atoms with van der Waals surface area (Å²) in [5.41, 5.74) is 7.62. The van der Waals surface area contributed by atoms with Crippen molar-refractivity contribution >= 4 is 20.0 Å². The summed E-state index contributed by atoms with van der Waals surface area (Å²) in [6, 6.07) is 14.3. The first-order valence-electron chi connectivity index (χ1n) is 15.6. The van der Waals surface area contributed by atoms with Gasteiger partial charge in [-0.05, 0) is 90.5 Å². The zero-order valence-corrected chi connectivity index (χ0v) is 28.5. The molecule has 6 rings (SSSR count). The van der Waals surface area contributed by atoms with Crippen LogP contribution in [0.15, 0.2) is 105 Å². The van der Waals surface area contributed by atoms with E-state index in [4.69, 9.17) is 0 Å². The molecule has 0 unspecified atom stereocenters. The molecule has 4 atom stereocenters. The zero-order valence-electron chi connectivity index (χ0n) is 26.8. The molecule has 8 heteroatoms. The Morgan fingerprint density at radius 2 is 0.909 bits per heavy atom. The summed E-state index contributed by atoms with van der Waals surface area (Å²) in [6.07, 6.45) is 10.7. The van der Waals surface area contributed by atoms with Crippen molar-refractivity contribution in [1.82, 2.24) is 8.61 Å². The van der Waals surface area contributed by atoms with Gasteiger partial charge in [0.2, 0.25) is 20.0 Å². The Morgan fingerprint density at radius 1 is 0.568 bits per heavy atom. The fraction of sp³-hybridized carbons (Fsp3) is 0.444. The van der Waals surface area contributed by atoms with Gasteiger partial charge in [0, 0.05) is 38.0 Å². The highest BCUT2D eigenvalue weighted by Gasteiger charge is 2.42. The molecule has 0 bridgehead atoms. The van der Waals surface area contributed by atoms with Gasteiger partial charge in [0.05, 0.1) is 9.79 Å². The zero-order chi connectivity index (χ0) is 31.8. The van der Waals surface area contributed by atoms with E-state index in [1.165, 1.54) is 22.3 Å². The number of hydrogen-bond acceptors (Lipinski definition) is 4. The summed E-state index contributed by atoms with van der Waals surface area (Å²) < 4.78 is 54.7. The Bertz CT molecular complexity index is 1580. The Kier molecular flexibility index (Phi) is 9.57. The van der Waals surface area contributed by atoms with E-state index in [0.717, 1.165) is 24.0 Å². The minimum absolute atomic E-state index is 0.318. The Labute approximate surface area is 265 Å². The highest BCUT2D eigenvalue weighted by molar-refractivity contribution is 7.89. The lowest BCUT2D eigenvalue weighted by Gasteiger charge is -2.24. The third-order valence-electron chi connectivity index (χ3n) is 9.60. The van der Waals surface area contributed by atoms with Gasteiger partial charge >= 0.3 is 0 Å². The van der Waals surface area contributed by atoms with Crippen molar-refractivity contribution in [2.75, 3.05) is 26.2 Å². The molecule has 0 saturated carbocycles. The average molecular weight is 635 g/mol. The number of rotatable bonds is 4. The van der Waals surface area contributed by atoms with Crippen LogP contribution in [0, 0.1) is 37.5 Å². The van der Waals surface area contributed by atoms with Crippen LogP contribution in [0.1, 0.15) is 51.7 Å². The first kappa shape index (κ1) is 32.6. The molecule has 0 radical (unpaired) electrons. The Hall–Kier alpha value is -2.78. The van der Waals surface area contributed by atoms with Crippen molar-refractivity contribution < 1.29 is 16.8 Å². The summed E-state index contributed by atoms with van der Waals surface area (Å²) in [5, 5.41) is 0. The fourth-order valence-corrected chi connectivity index (χ4v) is 10.0. The van der Waals surface area contributed by atoms with Crippen LogP contribution in [0.2, 0.25) is 0 Å². The molecule has 44 heavy (non-hydrogen) atoms. The maximum absolute atomic E-state index is 12.9. The predicted octanol–water partition coefficient (Wildman–Crippen LogP) is 7.06. The van der Waals surface area contributed by atoms with Crippen molar-refractivity contribution in [3.63, 3.8) is 0 Å². The molecule has 2 aromatic carbocycles. The van der Waals surface area contributed by atoms with Crippen LogP contribution in [0.4, 0.5) is 0 Å². The van der Waals surface area contributed by atoms with Crippen LogP contribution in [0.3, 0.4) is 0 Å². The summed E-state index contributed by atoms with van der Waals surface area (Å²) >= 11 is 0. The smallest absolute Gasteiger partial charge is 0.207 e. The first-order valence-corrected chi connectivity index (χ1v) is 18.5. The summed E-state index contributed by atoms with van der Waals surface area (Å²) in [7, 11) is -6.77. The molecule has 2 heterocycles. The van der Waals surface area contributed by atoms with E-state index in [1.54, 1.807) is 32.9 Å². The van der Waals surface area contributed by atoms with E-state index in [1.807, 2.05) is 38.1 Å². The highest BCUT2D eigenvalue weighted by atomic mass is 32.2. The highest BCUT2D eigenvalue weighted by Crippen LogP contribution is 2.40. The van der Waals surface area contributed by atoms with Gasteiger partial charge in [-0.3, -0.25) is 0 Å². The largest absolute Gasteiger partial charge is 0.243 e. The number of nitrogens with zero attached hydrogens (tertiary/aromatic N) is 2. The predicted molar refractivity (Wildman–Crippen MR) is 178 cm³/mol. The van der Waals surface area contributed by atoms with Crippen LogP contribution in [-0.2, 0) is 20.0 Å². The van der Waals surface area contributed by atoms with Gasteiger partial charge in [-0.15, -0.1) is 0 Å². The summed E-state index contributed by atoms with van der Waals surface area (Å²) in [5.74, 6) is 1.32. The van der Waals surface area contributed by atoms with Gasteiger partial charge in [-0.25, -0.2) is 16.8 Å². The van der Waals surface area contributed by atoms with Crippen molar-refractivity contribution in [2.24, 2.45) is 23.7 Å². The summed E-state index contributed by atoms with van der Waals surface area (Å²) in [4.78, 5) is 0.805. The maximum Gasteiger partial charge on any atom is 0.243 e. The van der Waals surface area contributed by atoms with Crippen molar-refractivity contribution in [3.8, 4) is 0 Å². The minimum Gasteiger partial charge on any atom is -0.207 e. The molecule has 0 spiro atoms. The summed E-state index contributed by atoms with van der Waals surface area (Å²) in [6.45, 7) is 14.8. The lowest BCUT2D eigenvalue weighted by Crippen LogP contribution is -2.29. The molecule has 0 N–H and O–H groups in total. The van der Waals surface area contributed by atoms with Crippen molar-refractivity contribution in [2.45, 2.75) is 64.2 Å². The second-order valence-corrected chi connectivity index (χ2v) is 17.0. The molecule has 6 nitrogen and oxygen atoms in total. The second kappa shape index (κ2) is 12.9. The first-order chi connectivity index (χ1) is 20.8. The lowest BCUT2D eigenvalue weighted by atomic mass is 9.80. The van der Waals surface area contributed by atoms with E-state index >= 15 is 0 Å². The third kappa shape index (κ3) is 6.59. The topological polar surface area (TPSA) is 74.8 Å². The van der Waals surface area contributed by atoms with E-state index in [0.29, 0.717) is 59.6 Å². The molecular weight excluding hydrogens is 589 g/mol. The number of fused-ring (bicyclic) bond motifs is 2. The van der Waals surface area contributed by atoms with Gasteiger partial charge in [0.15, 0.2) is 0 Å². The van der Waals surface area contributed by atoms with Gasteiger partial charge in [-0.2, -0.15) is 8.61 Å². The standard InChI is InChI=1S/2C18H23NO2S/c2*1-13(2)17-6-4-5-15-11-19(12-18(15)17)22(20,21)16-9-7-14(3)8-10-16/h2*4-5,7-10,15,18H,6,11-12H2,1-3H3/t2*15-,18-/m11/s1. The van der Waals surface area contributed by atoms with Gasteiger partial charge in [0.1, 0.15) is 0 Å². The molecule has 236 valence electrons. The molecule has 2 aromatic rings. The van der Waals surface area contributed by atoms with E-state index in [-0.39, 0.29) is 0 Å². The monoisotopic (exact) mass is 634 g/mol. The molecule has 2 aliphatic carbocycles. The van der Waals surface area contributed by atoms with Crippen molar-refractivity contribution in [1.29, 1.82) is 0 Å². The van der Waals surface area contributed by atoms with E-state index in [2.05, 4.69) is 52.0 Å². The van der Waals surface area contributed by atoms with E-state index in [9.17, 15) is 16.8 Å². The third-order valence-corrected chi connectivity index (χ3v) is 13.3. The molecule has 4 aliphatic rings. The number of hydrogen-bond donors (Lipinski definition) is 0. The quantitative estimate of drug-likeness (QED) is 0.338. The van der Waals surface area contributed by atoms with Gasteiger partial charge < -0.3 is 0 Å². The van der Waals surface area contributed by atoms with Gasteiger partial charge in [-0.1, -0.05) is 82.0 Å². The molecule has 0 aromatic heterocycles. The normalized spacial score (nSPS) is 25.3. The van der Waals surface area contributed by atoms with Crippen LogP contribution in [0.25, 0.3) is 0 Å². The van der Waals surface area contributed by atoms with Crippen LogP contribution >= 0.6 is 0 Å². The minimum atomic E-state index is -3.39. The average Bonchev–Trinajstić information content (AvgIpc) is 3.63.